The van der Waals surface area contributed by atoms with E-state index in [0.717, 1.165) is 0 Å². The Balaban J connectivity index is 5.22. The van der Waals surface area contributed by atoms with Crippen molar-refractivity contribution in [1.82, 2.24) is 0 Å². The van der Waals surface area contributed by atoms with Gasteiger partial charge in [-0.2, -0.15) is 0 Å². The molecule has 0 spiro atoms. The summed E-state index contributed by atoms with van der Waals surface area (Å²) in [5.41, 5.74) is 0. The van der Waals surface area contributed by atoms with Gasteiger partial charge in [0.05, 0.1) is 12.2 Å². The maximum Gasteiger partial charge on any atom is 0.192 e. The molecule has 0 aliphatic heterocycles. The molecule has 132 valence electrons. The lowest BCUT2D eigenvalue weighted by Crippen LogP contribution is -2.50. The van der Waals surface area contributed by atoms with Crippen LogP contribution in [0.5, 0.6) is 0 Å². The van der Waals surface area contributed by atoms with E-state index in [1.807, 2.05) is 20.8 Å². The Labute approximate surface area is 139 Å². The van der Waals surface area contributed by atoms with Crippen molar-refractivity contribution in [3.8, 4) is 0 Å². The van der Waals surface area contributed by atoms with Gasteiger partial charge in [0.15, 0.2) is 8.32 Å². The minimum atomic E-state index is -1.91. The molecule has 0 aromatic rings. The third-order valence-electron chi connectivity index (χ3n) is 5.32. The summed E-state index contributed by atoms with van der Waals surface area (Å²) in [6, 6.07) is 0. The van der Waals surface area contributed by atoms with Crippen LogP contribution >= 0.6 is 0 Å². The van der Waals surface area contributed by atoms with Gasteiger partial charge in [-0.1, -0.05) is 55.4 Å². The largest absolute Gasteiger partial charge is 0.413 e. The van der Waals surface area contributed by atoms with E-state index in [-0.39, 0.29) is 28.8 Å². The Morgan fingerprint density at radius 3 is 1.91 bits per heavy atom. The number of hydrogen-bond donors (Lipinski definition) is 1. The predicted octanol–water partition coefficient (Wildman–Crippen LogP) is 4.65. The van der Waals surface area contributed by atoms with Gasteiger partial charge < -0.3 is 9.53 Å². The van der Waals surface area contributed by atoms with Crippen molar-refractivity contribution in [2.45, 2.75) is 92.2 Å². The Kier molecular flexibility index (Phi) is 8.00. The van der Waals surface area contributed by atoms with Crippen molar-refractivity contribution in [3.05, 3.63) is 0 Å². The van der Waals surface area contributed by atoms with E-state index in [1.54, 1.807) is 0 Å². The van der Waals surface area contributed by atoms with Crippen LogP contribution in [0.2, 0.25) is 18.1 Å². The molecule has 0 saturated carbocycles. The lowest BCUT2D eigenvalue weighted by Gasteiger charge is -2.43. The molecule has 0 radical (unpaired) electrons. The molecular weight excluding hydrogens is 292 g/mol. The molecule has 4 atom stereocenters. The van der Waals surface area contributed by atoms with Crippen LogP contribution in [0.15, 0.2) is 0 Å². The first-order valence-corrected chi connectivity index (χ1v) is 11.6. The highest BCUT2D eigenvalue weighted by atomic mass is 28.4. The topological polar surface area (TPSA) is 46.5 Å². The third kappa shape index (κ3) is 5.46. The number of carbonyl (C=O) groups excluding carboxylic acids is 1. The zero-order valence-electron chi connectivity index (χ0n) is 16.4. The van der Waals surface area contributed by atoms with Gasteiger partial charge in [0.25, 0.3) is 0 Å². The average Bonchev–Trinajstić information content (AvgIpc) is 2.39. The molecule has 4 heteroatoms. The number of hydrogen-bond acceptors (Lipinski definition) is 3. The van der Waals surface area contributed by atoms with Gasteiger partial charge in [0, 0.05) is 18.3 Å². The van der Waals surface area contributed by atoms with Crippen molar-refractivity contribution in [2.75, 3.05) is 0 Å². The lowest BCUT2D eigenvalue weighted by molar-refractivity contribution is -0.128. The Hall–Kier alpha value is -0.193. The van der Waals surface area contributed by atoms with Gasteiger partial charge in [0.1, 0.15) is 5.78 Å². The minimum absolute atomic E-state index is 0.0250. The molecule has 1 N–H and O–H groups in total. The molecule has 0 aliphatic rings. The first-order chi connectivity index (χ1) is 9.76. The Morgan fingerprint density at radius 2 is 1.59 bits per heavy atom. The lowest BCUT2D eigenvalue weighted by atomic mass is 9.83. The summed E-state index contributed by atoms with van der Waals surface area (Å²) in [5, 5.41) is 10.8. The van der Waals surface area contributed by atoms with E-state index >= 15 is 0 Å². The van der Waals surface area contributed by atoms with Crippen LogP contribution in [0.4, 0.5) is 0 Å². The van der Waals surface area contributed by atoms with Gasteiger partial charge in [-0.3, -0.25) is 4.79 Å². The molecule has 0 aromatic heterocycles. The molecule has 0 unspecified atom stereocenters. The van der Waals surface area contributed by atoms with Crippen molar-refractivity contribution >= 4 is 14.1 Å². The number of carbonyl (C=O) groups is 1. The van der Waals surface area contributed by atoms with E-state index in [4.69, 9.17) is 4.43 Å². The molecule has 3 nitrogen and oxygen atoms in total. The molecule has 0 aromatic carbocycles. The number of ketones is 1. The second kappa shape index (κ2) is 8.07. The number of rotatable bonds is 8. The van der Waals surface area contributed by atoms with Gasteiger partial charge in [-0.05, 0) is 24.1 Å². The zero-order valence-corrected chi connectivity index (χ0v) is 17.4. The number of aliphatic hydroxyl groups is 1. The maximum atomic E-state index is 11.9. The highest BCUT2D eigenvalue weighted by Crippen LogP contribution is 2.39. The van der Waals surface area contributed by atoms with E-state index < -0.39 is 14.4 Å². The molecule has 22 heavy (non-hydrogen) atoms. The number of Topliss-reactive ketones (excluding diaryl/α,β-unsaturated/α-hetero) is 1. The predicted molar refractivity (Wildman–Crippen MR) is 96.5 cm³/mol. The van der Waals surface area contributed by atoms with E-state index in [1.165, 1.54) is 0 Å². The quantitative estimate of drug-likeness (QED) is 0.659. The molecule has 0 heterocycles. The van der Waals surface area contributed by atoms with E-state index in [0.29, 0.717) is 12.3 Å². The summed E-state index contributed by atoms with van der Waals surface area (Å²) < 4.78 is 6.58. The molecule has 0 rings (SSSR count). The minimum Gasteiger partial charge on any atom is -0.413 e. The monoisotopic (exact) mass is 330 g/mol. The van der Waals surface area contributed by atoms with Crippen LogP contribution in [0.1, 0.15) is 61.8 Å². The first kappa shape index (κ1) is 21.8. The van der Waals surface area contributed by atoms with Gasteiger partial charge in [-0.15, -0.1) is 0 Å². The molecule has 0 amide bonds. The fourth-order valence-corrected chi connectivity index (χ4v) is 4.05. The summed E-state index contributed by atoms with van der Waals surface area (Å²) in [5.74, 6) is 0.0424. The Morgan fingerprint density at radius 1 is 1.14 bits per heavy atom. The normalized spacial score (nSPS) is 18.9. The van der Waals surface area contributed by atoms with E-state index in [9.17, 15) is 9.90 Å². The van der Waals surface area contributed by atoms with Crippen LogP contribution < -0.4 is 0 Å². The van der Waals surface area contributed by atoms with Gasteiger partial charge in [-0.25, -0.2) is 0 Å². The molecular formula is C18H38O3Si. The summed E-state index contributed by atoms with van der Waals surface area (Å²) in [4.78, 5) is 11.9. The summed E-state index contributed by atoms with van der Waals surface area (Å²) in [7, 11) is -1.91. The Bertz CT molecular complexity index is 358. The van der Waals surface area contributed by atoms with Crippen LogP contribution in [0, 0.1) is 17.8 Å². The SMILES string of the molecule is CCC(=O)[C@@H](C)[C@@H](O)[C@@H](C)[C@@H](O[Si](C)(C)C(C)(C)C)C(C)C. The van der Waals surface area contributed by atoms with Gasteiger partial charge in [0.2, 0.25) is 0 Å². The van der Waals surface area contributed by atoms with E-state index in [2.05, 4.69) is 47.7 Å². The van der Waals surface area contributed by atoms with Crippen molar-refractivity contribution in [2.24, 2.45) is 17.8 Å². The summed E-state index contributed by atoms with van der Waals surface area (Å²) in [6.45, 7) is 21.1. The molecule has 0 fully saturated rings. The standard InChI is InChI=1S/C18H38O3Si/c1-11-15(19)13(4)16(20)14(5)17(12(2)3)21-22(9,10)18(6,7)8/h12-14,16-17,20H,11H2,1-10H3/t13-,14-,16-,17+/m1/s1. The third-order valence-corrected chi connectivity index (χ3v) is 9.79. The second-order valence-corrected chi connectivity index (χ2v) is 13.3. The average molecular weight is 331 g/mol. The highest BCUT2D eigenvalue weighted by Gasteiger charge is 2.42. The zero-order chi connectivity index (χ0) is 17.9. The van der Waals surface area contributed by atoms with Gasteiger partial charge >= 0.3 is 0 Å². The van der Waals surface area contributed by atoms with Crippen LogP contribution in [-0.4, -0.2) is 31.4 Å². The van der Waals surface area contributed by atoms with Crippen LogP contribution in [0.25, 0.3) is 0 Å². The fraction of sp³-hybridized carbons (Fsp3) is 0.944. The highest BCUT2D eigenvalue weighted by molar-refractivity contribution is 6.74. The van der Waals surface area contributed by atoms with Crippen molar-refractivity contribution in [1.29, 1.82) is 0 Å². The van der Waals surface area contributed by atoms with Crippen LogP contribution in [-0.2, 0) is 9.22 Å². The smallest absolute Gasteiger partial charge is 0.192 e. The second-order valence-electron chi connectivity index (χ2n) is 8.55. The number of aliphatic hydroxyl groups excluding tert-OH is 1. The summed E-state index contributed by atoms with van der Waals surface area (Å²) >= 11 is 0. The maximum absolute atomic E-state index is 11.9. The van der Waals surface area contributed by atoms with Crippen molar-refractivity contribution in [3.63, 3.8) is 0 Å². The molecule has 0 aliphatic carbocycles. The first-order valence-electron chi connectivity index (χ1n) is 8.64. The molecule has 0 saturated heterocycles. The molecule has 0 bridgehead atoms. The fourth-order valence-electron chi connectivity index (χ4n) is 2.53. The van der Waals surface area contributed by atoms with Crippen molar-refractivity contribution < 1.29 is 14.3 Å². The summed E-state index contributed by atoms with van der Waals surface area (Å²) in [6.07, 6.45) is -0.201. The van der Waals surface area contributed by atoms with Crippen LogP contribution in [0.3, 0.4) is 0 Å².